The van der Waals surface area contributed by atoms with Crippen LogP contribution in [0.3, 0.4) is 0 Å². The highest BCUT2D eigenvalue weighted by molar-refractivity contribution is 5.99. The summed E-state index contributed by atoms with van der Waals surface area (Å²) < 4.78 is 0. The normalized spacial score (nSPS) is 20.8. The maximum absolute atomic E-state index is 12.1. The molecular weight excluding hydrogens is 202 g/mol. The fraction of sp³-hybridized carbons (Fsp3) is 0.500. The molecule has 4 nitrogen and oxygen atoms in total. The standard InChI is InChI=1S/C12H17N3O/c1-9(2)14-11-5-7-15(12(11)16)10-4-3-6-13-8-10/h3-4,6,8-9,11,14H,5,7H2,1-2H3. The summed E-state index contributed by atoms with van der Waals surface area (Å²) in [6.07, 6.45) is 4.31. The van der Waals surface area contributed by atoms with Crippen molar-refractivity contribution in [2.45, 2.75) is 32.4 Å². The van der Waals surface area contributed by atoms with Crippen LogP contribution in [0, 0.1) is 0 Å². The topological polar surface area (TPSA) is 45.2 Å². The average Bonchev–Trinajstić information content (AvgIpc) is 2.61. The zero-order chi connectivity index (χ0) is 11.5. The molecule has 0 bridgehead atoms. The third kappa shape index (κ3) is 2.22. The van der Waals surface area contributed by atoms with E-state index < -0.39 is 0 Å². The van der Waals surface area contributed by atoms with E-state index in [1.54, 1.807) is 17.3 Å². The molecule has 1 fully saturated rings. The fourth-order valence-corrected chi connectivity index (χ4v) is 2.01. The van der Waals surface area contributed by atoms with Crippen molar-refractivity contribution in [3.05, 3.63) is 24.5 Å². The highest BCUT2D eigenvalue weighted by Gasteiger charge is 2.32. The van der Waals surface area contributed by atoms with Gasteiger partial charge in [0, 0.05) is 18.8 Å². The van der Waals surface area contributed by atoms with Gasteiger partial charge < -0.3 is 10.2 Å². The Kier molecular flexibility index (Phi) is 3.19. The Morgan fingerprint density at radius 3 is 3.00 bits per heavy atom. The first-order chi connectivity index (χ1) is 7.68. The highest BCUT2D eigenvalue weighted by atomic mass is 16.2. The van der Waals surface area contributed by atoms with Crippen molar-refractivity contribution in [1.29, 1.82) is 0 Å². The summed E-state index contributed by atoms with van der Waals surface area (Å²) in [5.41, 5.74) is 0.889. The first-order valence-electron chi connectivity index (χ1n) is 5.66. The Hall–Kier alpha value is -1.42. The molecule has 1 N–H and O–H groups in total. The van der Waals surface area contributed by atoms with E-state index >= 15 is 0 Å². The summed E-state index contributed by atoms with van der Waals surface area (Å²) >= 11 is 0. The largest absolute Gasteiger partial charge is 0.309 e. The van der Waals surface area contributed by atoms with Crippen LogP contribution >= 0.6 is 0 Å². The molecule has 1 aromatic rings. The van der Waals surface area contributed by atoms with E-state index in [1.165, 1.54) is 0 Å². The molecule has 2 heterocycles. The van der Waals surface area contributed by atoms with Crippen molar-refractivity contribution in [1.82, 2.24) is 10.3 Å². The van der Waals surface area contributed by atoms with Gasteiger partial charge in [-0.25, -0.2) is 0 Å². The van der Waals surface area contributed by atoms with Gasteiger partial charge in [0.15, 0.2) is 0 Å². The summed E-state index contributed by atoms with van der Waals surface area (Å²) in [4.78, 5) is 17.9. The van der Waals surface area contributed by atoms with Gasteiger partial charge in [0.05, 0.1) is 17.9 Å². The molecule has 1 amide bonds. The van der Waals surface area contributed by atoms with Gasteiger partial charge >= 0.3 is 0 Å². The maximum Gasteiger partial charge on any atom is 0.244 e. The second-order valence-corrected chi connectivity index (χ2v) is 4.36. The fourth-order valence-electron chi connectivity index (χ4n) is 2.01. The quantitative estimate of drug-likeness (QED) is 0.830. The highest BCUT2D eigenvalue weighted by Crippen LogP contribution is 2.20. The molecular formula is C12H17N3O. The SMILES string of the molecule is CC(C)NC1CCN(c2cccnc2)C1=O. The molecule has 1 aliphatic heterocycles. The smallest absolute Gasteiger partial charge is 0.244 e. The lowest BCUT2D eigenvalue weighted by Gasteiger charge is -2.17. The van der Waals surface area contributed by atoms with Crippen molar-refractivity contribution < 1.29 is 4.79 Å². The maximum atomic E-state index is 12.1. The second-order valence-electron chi connectivity index (χ2n) is 4.36. The number of nitrogens with one attached hydrogen (secondary N) is 1. The number of nitrogens with zero attached hydrogens (tertiary/aromatic N) is 2. The van der Waals surface area contributed by atoms with Crippen LogP contribution in [0.1, 0.15) is 20.3 Å². The lowest BCUT2D eigenvalue weighted by atomic mass is 10.2. The summed E-state index contributed by atoms with van der Waals surface area (Å²) in [7, 11) is 0. The van der Waals surface area contributed by atoms with E-state index in [4.69, 9.17) is 0 Å². The van der Waals surface area contributed by atoms with Crippen LogP contribution in [0.5, 0.6) is 0 Å². The number of anilines is 1. The minimum absolute atomic E-state index is 0.0415. The molecule has 1 atom stereocenters. The van der Waals surface area contributed by atoms with Gasteiger partial charge in [-0.15, -0.1) is 0 Å². The van der Waals surface area contributed by atoms with Crippen LogP contribution in [0.2, 0.25) is 0 Å². The number of carbonyl (C=O) groups excluding carboxylic acids is 1. The van der Waals surface area contributed by atoms with Gasteiger partial charge in [-0.3, -0.25) is 9.78 Å². The first-order valence-corrected chi connectivity index (χ1v) is 5.66. The zero-order valence-electron chi connectivity index (χ0n) is 9.68. The molecule has 16 heavy (non-hydrogen) atoms. The Morgan fingerprint density at radius 1 is 1.56 bits per heavy atom. The van der Waals surface area contributed by atoms with E-state index in [1.807, 2.05) is 12.1 Å². The minimum atomic E-state index is -0.0415. The Balaban J connectivity index is 2.08. The van der Waals surface area contributed by atoms with Crippen LogP contribution in [-0.2, 0) is 4.79 Å². The molecule has 1 aromatic heterocycles. The van der Waals surface area contributed by atoms with Gasteiger partial charge in [0.25, 0.3) is 0 Å². The third-order valence-corrected chi connectivity index (χ3v) is 2.70. The van der Waals surface area contributed by atoms with E-state index in [2.05, 4.69) is 24.1 Å². The van der Waals surface area contributed by atoms with Gasteiger partial charge in [-0.2, -0.15) is 0 Å². The molecule has 0 radical (unpaired) electrons. The van der Waals surface area contributed by atoms with Crippen LogP contribution in [0.15, 0.2) is 24.5 Å². The predicted molar refractivity (Wildman–Crippen MR) is 63.3 cm³/mol. The molecule has 1 aliphatic rings. The van der Waals surface area contributed by atoms with Crippen LogP contribution in [-0.4, -0.2) is 29.5 Å². The zero-order valence-corrected chi connectivity index (χ0v) is 9.68. The monoisotopic (exact) mass is 219 g/mol. The Labute approximate surface area is 95.7 Å². The molecule has 86 valence electrons. The molecule has 4 heteroatoms. The molecule has 1 saturated heterocycles. The summed E-state index contributed by atoms with van der Waals surface area (Å²) in [5.74, 6) is 0.154. The van der Waals surface area contributed by atoms with E-state index in [0.717, 1.165) is 18.7 Å². The molecule has 2 rings (SSSR count). The number of amides is 1. The summed E-state index contributed by atoms with van der Waals surface area (Å²) in [6, 6.07) is 4.07. The Morgan fingerprint density at radius 2 is 2.38 bits per heavy atom. The molecule has 0 aromatic carbocycles. The number of rotatable bonds is 3. The summed E-state index contributed by atoms with van der Waals surface area (Å²) in [6.45, 7) is 4.88. The number of pyridine rings is 1. The van der Waals surface area contributed by atoms with Crippen molar-refractivity contribution in [2.24, 2.45) is 0 Å². The van der Waals surface area contributed by atoms with Crippen LogP contribution in [0.4, 0.5) is 5.69 Å². The van der Waals surface area contributed by atoms with Gasteiger partial charge in [0.2, 0.25) is 5.91 Å². The lowest BCUT2D eigenvalue weighted by molar-refractivity contribution is -0.118. The van der Waals surface area contributed by atoms with Crippen LogP contribution < -0.4 is 10.2 Å². The number of aromatic nitrogens is 1. The molecule has 0 aliphatic carbocycles. The molecule has 0 saturated carbocycles. The van der Waals surface area contributed by atoms with E-state index in [-0.39, 0.29) is 11.9 Å². The van der Waals surface area contributed by atoms with Crippen molar-refractivity contribution in [2.75, 3.05) is 11.4 Å². The van der Waals surface area contributed by atoms with E-state index in [9.17, 15) is 4.79 Å². The number of carbonyl (C=O) groups is 1. The van der Waals surface area contributed by atoms with Crippen molar-refractivity contribution in [3.8, 4) is 0 Å². The second kappa shape index (κ2) is 4.61. The van der Waals surface area contributed by atoms with E-state index in [0.29, 0.717) is 6.04 Å². The van der Waals surface area contributed by atoms with Gasteiger partial charge in [0.1, 0.15) is 0 Å². The third-order valence-electron chi connectivity index (χ3n) is 2.70. The molecule has 0 spiro atoms. The number of hydrogen-bond acceptors (Lipinski definition) is 3. The Bertz CT molecular complexity index is 364. The van der Waals surface area contributed by atoms with Gasteiger partial charge in [-0.05, 0) is 18.6 Å². The van der Waals surface area contributed by atoms with Crippen LogP contribution in [0.25, 0.3) is 0 Å². The van der Waals surface area contributed by atoms with Gasteiger partial charge in [-0.1, -0.05) is 13.8 Å². The average molecular weight is 219 g/mol. The van der Waals surface area contributed by atoms with Crippen molar-refractivity contribution in [3.63, 3.8) is 0 Å². The minimum Gasteiger partial charge on any atom is -0.309 e. The van der Waals surface area contributed by atoms with Crippen molar-refractivity contribution >= 4 is 11.6 Å². The predicted octanol–water partition coefficient (Wildman–Crippen LogP) is 1.18. The first kappa shape index (κ1) is 11.1. The summed E-state index contributed by atoms with van der Waals surface area (Å²) in [5, 5.41) is 3.28. The lowest BCUT2D eigenvalue weighted by Crippen LogP contribution is -2.41. The number of hydrogen-bond donors (Lipinski definition) is 1. The molecule has 1 unspecified atom stereocenters.